The molecule has 5 nitrogen and oxygen atoms in total. The quantitative estimate of drug-likeness (QED) is 0.556. The second-order valence-electron chi connectivity index (χ2n) is 5.83. The molecule has 1 N–H and O–H groups in total. The fourth-order valence-electron chi connectivity index (χ4n) is 2.85. The van der Waals surface area contributed by atoms with Gasteiger partial charge in [-0.1, -0.05) is 0 Å². The van der Waals surface area contributed by atoms with E-state index >= 15 is 0 Å². The summed E-state index contributed by atoms with van der Waals surface area (Å²) in [6, 6.07) is 6.59. The fourth-order valence-corrected chi connectivity index (χ4v) is 4.21. The maximum absolute atomic E-state index is 14.3. The van der Waals surface area contributed by atoms with Gasteiger partial charge in [0.25, 0.3) is 5.91 Å². The number of halogens is 2. The van der Waals surface area contributed by atoms with E-state index in [1.807, 2.05) is 11.8 Å². The first-order valence-corrected chi connectivity index (χ1v) is 10.3. The molecule has 1 saturated heterocycles. The van der Waals surface area contributed by atoms with Crippen LogP contribution in [0, 0.1) is 9.39 Å². The van der Waals surface area contributed by atoms with Crippen LogP contribution in [0.5, 0.6) is 0 Å². The van der Waals surface area contributed by atoms with E-state index in [0.29, 0.717) is 35.4 Å². The number of amides is 1. The summed E-state index contributed by atoms with van der Waals surface area (Å²) in [7, 11) is 0. The highest BCUT2D eigenvalue weighted by Gasteiger charge is 2.27. The number of pyridine rings is 1. The smallest absolute Gasteiger partial charge is 0.291 e. The Morgan fingerprint density at radius 1 is 1.31 bits per heavy atom. The van der Waals surface area contributed by atoms with Crippen molar-refractivity contribution < 1.29 is 13.6 Å². The number of carbonyl (C=O) groups is 1. The predicted octanol–water partition coefficient (Wildman–Crippen LogP) is 4.50. The number of aromatic nitrogens is 1. The van der Waals surface area contributed by atoms with Gasteiger partial charge in [0, 0.05) is 40.6 Å². The van der Waals surface area contributed by atoms with Crippen LogP contribution in [0.1, 0.15) is 10.6 Å². The van der Waals surface area contributed by atoms with Crippen LogP contribution >= 0.6 is 34.4 Å². The zero-order valence-electron chi connectivity index (χ0n) is 13.7. The fraction of sp³-hybridized carbons (Fsp3) is 0.222. The Kier molecular flexibility index (Phi) is 5.03. The third kappa shape index (κ3) is 3.39. The first-order valence-electron chi connectivity index (χ1n) is 8.09. The molecule has 0 saturated carbocycles. The van der Waals surface area contributed by atoms with Crippen molar-refractivity contribution in [3.63, 3.8) is 0 Å². The summed E-state index contributed by atoms with van der Waals surface area (Å²) in [4.78, 5) is 18.9. The van der Waals surface area contributed by atoms with Gasteiger partial charge >= 0.3 is 0 Å². The monoisotopic (exact) mass is 483 g/mol. The highest BCUT2D eigenvalue weighted by atomic mass is 127. The average Bonchev–Trinajstić information content (AvgIpc) is 3.02. The van der Waals surface area contributed by atoms with Crippen molar-refractivity contribution in [3.05, 3.63) is 51.8 Å². The van der Waals surface area contributed by atoms with E-state index in [1.165, 1.54) is 6.07 Å². The Bertz CT molecular complexity index is 972. The second-order valence-corrected chi connectivity index (χ2v) is 8.30. The Hall–Kier alpha value is -1.81. The lowest BCUT2D eigenvalue weighted by Crippen LogP contribution is -2.37. The number of benzene rings is 1. The minimum Gasteiger partial charge on any atom is -0.448 e. The number of rotatable bonds is 3. The molecular weight excluding hydrogens is 468 g/mol. The molecule has 0 spiro atoms. The SMILES string of the molecule is O=C(c1oc2ccncc2c1Nc1ccc(I)cc1F)N1CCSCC1. The summed E-state index contributed by atoms with van der Waals surface area (Å²) in [5.41, 5.74) is 1.29. The number of nitrogens with zero attached hydrogens (tertiary/aromatic N) is 2. The molecular formula is C18H15FIN3O2S. The van der Waals surface area contributed by atoms with Crippen molar-refractivity contribution in [3.8, 4) is 0 Å². The summed E-state index contributed by atoms with van der Waals surface area (Å²) >= 11 is 3.88. The number of hydrogen-bond donors (Lipinski definition) is 1. The van der Waals surface area contributed by atoms with E-state index in [4.69, 9.17) is 4.42 Å². The topological polar surface area (TPSA) is 58.4 Å². The minimum atomic E-state index is -0.386. The molecule has 1 fully saturated rings. The van der Waals surface area contributed by atoms with E-state index in [1.54, 1.807) is 35.5 Å². The maximum Gasteiger partial charge on any atom is 0.291 e. The van der Waals surface area contributed by atoms with E-state index in [2.05, 4.69) is 32.9 Å². The van der Waals surface area contributed by atoms with E-state index in [9.17, 15) is 9.18 Å². The highest BCUT2D eigenvalue weighted by molar-refractivity contribution is 14.1. The Morgan fingerprint density at radius 3 is 2.88 bits per heavy atom. The molecule has 26 heavy (non-hydrogen) atoms. The van der Waals surface area contributed by atoms with Gasteiger partial charge < -0.3 is 14.6 Å². The molecule has 4 rings (SSSR count). The van der Waals surface area contributed by atoms with Crippen molar-refractivity contribution in [1.29, 1.82) is 0 Å². The summed E-state index contributed by atoms with van der Waals surface area (Å²) in [5, 5.41) is 3.70. The molecule has 0 unspecified atom stereocenters. The van der Waals surface area contributed by atoms with Crippen LogP contribution in [0.15, 0.2) is 41.1 Å². The molecule has 0 bridgehead atoms. The molecule has 3 heterocycles. The summed E-state index contributed by atoms with van der Waals surface area (Å²) in [6.07, 6.45) is 3.22. The number of thioether (sulfide) groups is 1. The molecule has 8 heteroatoms. The molecule has 0 radical (unpaired) electrons. The van der Waals surface area contributed by atoms with E-state index in [-0.39, 0.29) is 17.5 Å². The van der Waals surface area contributed by atoms with Crippen LogP contribution in [0.3, 0.4) is 0 Å². The molecule has 1 aliphatic heterocycles. The molecule has 1 amide bonds. The number of fused-ring (bicyclic) bond motifs is 1. The van der Waals surface area contributed by atoms with E-state index in [0.717, 1.165) is 15.1 Å². The molecule has 2 aromatic heterocycles. The number of carbonyl (C=O) groups excluding carboxylic acids is 1. The molecule has 3 aromatic rings. The lowest BCUT2D eigenvalue weighted by Gasteiger charge is -2.25. The van der Waals surface area contributed by atoms with Gasteiger partial charge in [0.1, 0.15) is 17.1 Å². The maximum atomic E-state index is 14.3. The molecule has 0 aliphatic carbocycles. The number of furan rings is 1. The van der Waals surface area contributed by atoms with Crippen LogP contribution in [0.4, 0.5) is 15.8 Å². The summed E-state index contributed by atoms with van der Waals surface area (Å²) < 4.78 is 20.9. The highest BCUT2D eigenvalue weighted by Crippen LogP contribution is 2.34. The van der Waals surface area contributed by atoms with Crippen molar-refractivity contribution in [2.75, 3.05) is 29.9 Å². The first kappa shape index (κ1) is 17.6. The number of nitrogens with one attached hydrogen (secondary N) is 1. The average molecular weight is 483 g/mol. The largest absolute Gasteiger partial charge is 0.448 e. The molecule has 0 atom stereocenters. The van der Waals surface area contributed by atoms with Gasteiger partial charge in [-0.3, -0.25) is 9.78 Å². The molecule has 134 valence electrons. The zero-order chi connectivity index (χ0) is 18.1. The van der Waals surface area contributed by atoms with Crippen molar-refractivity contribution in [2.24, 2.45) is 0 Å². The Balaban J connectivity index is 1.77. The lowest BCUT2D eigenvalue weighted by atomic mass is 10.2. The number of hydrogen-bond acceptors (Lipinski definition) is 5. The van der Waals surface area contributed by atoms with Crippen molar-refractivity contribution in [1.82, 2.24) is 9.88 Å². The van der Waals surface area contributed by atoms with Crippen LogP contribution in [0.2, 0.25) is 0 Å². The van der Waals surface area contributed by atoms with Gasteiger partial charge in [-0.2, -0.15) is 11.8 Å². The van der Waals surface area contributed by atoms with Crippen molar-refractivity contribution >= 4 is 62.6 Å². The first-order chi connectivity index (χ1) is 12.6. The normalized spacial score (nSPS) is 14.6. The predicted molar refractivity (Wildman–Crippen MR) is 110 cm³/mol. The van der Waals surface area contributed by atoms with E-state index < -0.39 is 0 Å². The van der Waals surface area contributed by atoms with Gasteiger partial charge in [-0.05, 0) is 46.9 Å². The molecule has 1 aromatic carbocycles. The second kappa shape index (κ2) is 7.43. The standard InChI is InChI=1S/C18H15FIN3O2S/c19-13-9-11(20)1-2-14(13)22-16-12-10-21-4-3-15(12)25-17(16)18(24)23-5-7-26-8-6-23/h1-4,9-10,22H,5-8H2. The van der Waals surface area contributed by atoms with Gasteiger partial charge in [0.15, 0.2) is 0 Å². The third-order valence-electron chi connectivity index (χ3n) is 4.17. The van der Waals surface area contributed by atoms with Gasteiger partial charge in [0.2, 0.25) is 5.76 Å². The third-order valence-corrected chi connectivity index (χ3v) is 5.79. The van der Waals surface area contributed by atoms with Crippen molar-refractivity contribution in [2.45, 2.75) is 0 Å². The number of anilines is 2. The zero-order valence-corrected chi connectivity index (χ0v) is 16.6. The summed E-state index contributed by atoms with van der Waals surface area (Å²) in [5.74, 6) is 1.43. The van der Waals surface area contributed by atoms with Gasteiger partial charge in [-0.25, -0.2) is 4.39 Å². The van der Waals surface area contributed by atoms with Crippen LogP contribution in [-0.2, 0) is 0 Å². The Labute approximate surface area is 167 Å². The Morgan fingerprint density at radius 2 is 2.12 bits per heavy atom. The molecule has 1 aliphatic rings. The van der Waals surface area contributed by atoms with Crippen LogP contribution < -0.4 is 5.32 Å². The van der Waals surface area contributed by atoms with Gasteiger partial charge in [-0.15, -0.1) is 0 Å². The summed E-state index contributed by atoms with van der Waals surface area (Å²) in [6.45, 7) is 1.35. The minimum absolute atomic E-state index is 0.185. The lowest BCUT2D eigenvalue weighted by molar-refractivity contribution is 0.0744. The van der Waals surface area contributed by atoms with Crippen LogP contribution in [0.25, 0.3) is 11.0 Å². The van der Waals surface area contributed by atoms with Crippen LogP contribution in [-0.4, -0.2) is 40.4 Å². The van der Waals surface area contributed by atoms with Gasteiger partial charge in [0.05, 0.1) is 11.1 Å².